The van der Waals surface area contributed by atoms with E-state index in [9.17, 15) is 13.2 Å². The highest BCUT2D eigenvalue weighted by molar-refractivity contribution is 7.89. The van der Waals surface area contributed by atoms with Gasteiger partial charge in [-0.2, -0.15) is 4.31 Å². The standard InChI is InChI=1S/C21H24N4O3S.C2H2O4/c1-16(26)23-18-6-8-19(9-7-18)29(27,28)25-12-10-24(11-13-25)15-17-14-22-21-5-3-2-4-20(17)21;3-1(4)2(5)6/h2-9,14,22H,10-13,15H2,1H3,(H,23,26);(H,3,4)(H,5,6). The molecule has 1 aromatic heterocycles. The fourth-order valence-electron chi connectivity index (χ4n) is 3.69. The Kier molecular flexibility index (Phi) is 8.22. The number of nitrogens with one attached hydrogen (secondary N) is 2. The third kappa shape index (κ3) is 6.66. The topological polar surface area (TPSA) is 160 Å². The number of para-hydroxylation sites is 1. The first kappa shape index (κ1) is 25.9. The van der Waals surface area contributed by atoms with Crippen molar-refractivity contribution in [1.82, 2.24) is 14.2 Å². The smallest absolute Gasteiger partial charge is 0.414 e. The highest BCUT2D eigenvalue weighted by Crippen LogP contribution is 2.23. The summed E-state index contributed by atoms with van der Waals surface area (Å²) < 4.78 is 27.4. The summed E-state index contributed by atoms with van der Waals surface area (Å²) >= 11 is 0. The lowest BCUT2D eigenvalue weighted by molar-refractivity contribution is -0.159. The fourth-order valence-corrected chi connectivity index (χ4v) is 5.12. The summed E-state index contributed by atoms with van der Waals surface area (Å²) in [6.07, 6.45) is 2.03. The van der Waals surface area contributed by atoms with Crippen molar-refractivity contribution in [2.24, 2.45) is 0 Å². The number of hydrogen-bond acceptors (Lipinski definition) is 6. The van der Waals surface area contributed by atoms with E-state index in [4.69, 9.17) is 19.8 Å². The summed E-state index contributed by atoms with van der Waals surface area (Å²) in [4.78, 5) is 35.1. The van der Waals surface area contributed by atoms with Crippen LogP contribution < -0.4 is 5.32 Å². The predicted octanol–water partition coefficient (Wildman–Crippen LogP) is 1.79. The Morgan fingerprint density at radius 1 is 0.943 bits per heavy atom. The second-order valence-electron chi connectivity index (χ2n) is 7.86. The molecule has 11 nitrogen and oxygen atoms in total. The third-order valence-electron chi connectivity index (χ3n) is 5.40. The second kappa shape index (κ2) is 11.1. The molecule has 0 radical (unpaired) electrons. The van der Waals surface area contributed by atoms with Crippen LogP contribution in [0.2, 0.25) is 0 Å². The number of carboxylic acid groups (broad SMARTS) is 2. The number of amides is 1. The van der Waals surface area contributed by atoms with Gasteiger partial charge in [-0.05, 0) is 35.9 Å². The van der Waals surface area contributed by atoms with Crippen LogP contribution in [-0.2, 0) is 31.0 Å². The maximum Gasteiger partial charge on any atom is 0.414 e. The number of rotatable bonds is 5. The van der Waals surface area contributed by atoms with Gasteiger partial charge < -0.3 is 20.5 Å². The van der Waals surface area contributed by atoms with Crippen molar-refractivity contribution < 1.29 is 33.0 Å². The molecule has 0 atom stereocenters. The monoisotopic (exact) mass is 502 g/mol. The highest BCUT2D eigenvalue weighted by Gasteiger charge is 2.28. The van der Waals surface area contributed by atoms with Gasteiger partial charge in [0.25, 0.3) is 0 Å². The molecule has 2 aromatic carbocycles. The van der Waals surface area contributed by atoms with Crippen molar-refractivity contribution in [1.29, 1.82) is 0 Å². The summed E-state index contributed by atoms with van der Waals surface area (Å²) in [5, 5.41) is 18.6. The third-order valence-corrected chi connectivity index (χ3v) is 7.31. The number of carboxylic acids is 2. The Morgan fingerprint density at radius 3 is 2.11 bits per heavy atom. The summed E-state index contributed by atoms with van der Waals surface area (Å²) in [6.45, 7) is 4.49. The van der Waals surface area contributed by atoms with Gasteiger partial charge in [-0.1, -0.05) is 18.2 Å². The highest BCUT2D eigenvalue weighted by atomic mass is 32.2. The van der Waals surface area contributed by atoms with Crippen LogP contribution in [0.25, 0.3) is 10.9 Å². The van der Waals surface area contributed by atoms with Crippen molar-refractivity contribution in [3.05, 3.63) is 60.3 Å². The molecule has 1 amide bonds. The molecule has 0 aliphatic carbocycles. The largest absolute Gasteiger partial charge is 0.473 e. The first-order valence-electron chi connectivity index (χ1n) is 10.7. The normalized spacial score (nSPS) is 14.7. The van der Waals surface area contributed by atoms with E-state index in [0.29, 0.717) is 31.9 Å². The first-order valence-corrected chi connectivity index (χ1v) is 12.1. The number of carbonyl (C=O) groups is 3. The average Bonchev–Trinajstić information content (AvgIpc) is 3.22. The fraction of sp³-hybridized carbons (Fsp3) is 0.261. The lowest BCUT2D eigenvalue weighted by atomic mass is 10.1. The van der Waals surface area contributed by atoms with Crippen molar-refractivity contribution in [2.75, 3.05) is 31.5 Å². The van der Waals surface area contributed by atoms with E-state index in [1.165, 1.54) is 22.2 Å². The molecule has 2 heterocycles. The molecule has 1 saturated heterocycles. The zero-order valence-electron chi connectivity index (χ0n) is 19.0. The number of nitrogens with zero attached hydrogens (tertiary/aromatic N) is 2. The number of benzene rings is 2. The Labute approximate surface area is 202 Å². The van der Waals surface area contributed by atoms with E-state index < -0.39 is 22.0 Å². The Morgan fingerprint density at radius 2 is 1.54 bits per heavy atom. The van der Waals surface area contributed by atoms with Crippen LogP contribution in [0.3, 0.4) is 0 Å². The number of sulfonamides is 1. The summed E-state index contributed by atoms with van der Waals surface area (Å²) in [6, 6.07) is 14.5. The maximum atomic E-state index is 12.9. The number of aliphatic carboxylic acids is 2. The van der Waals surface area contributed by atoms with Crippen LogP contribution >= 0.6 is 0 Å². The number of hydrogen-bond donors (Lipinski definition) is 4. The van der Waals surface area contributed by atoms with E-state index in [0.717, 1.165) is 12.1 Å². The first-order chi connectivity index (χ1) is 16.6. The van der Waals surface area contributed by atoms with Crippen LogP contribution in [0.5, 0.6) is 0 Å². The Hall–Kier alpha value is -3.74. The van der Waals surface area contributed by atoms with Gasteiger partial charge in [-0.15, -0.1) is 0 Å². The molecule has 3 aromatic rings. The zero-order valence-corrected chi connectivity index (χ0v) is 19.8. The number of piperazine rings is 1. The number of H-pyrrole nitrogens is 1. The average molecular weight is 503 g/mol. The molecule has 1 aliphatic rings. The number of aromatic nitrogens is 1. The van der Waals surface area contributed by atoms with Crippen molar-refractivity contribution >= 4 is 44.5 Å². The molecular formula is C23H26N4O7S. The molecule has 4 N–H and O–H groups in total. The quantitative estimate of drug-likeness (QED) is 0.384. The minimum atomic E-state index is -3.54. The molecule has 0 spiro atoms. The number of aromatic amines is 1. The van der Waals surface area contributed by atoms with Gasteiger partial charge in [0.15, 0.2) is 0 Å². The Bertz CT molecular complexity index is 1300. The molecule has 12 heteroatoms. The number of anilines is 1. The molecule has 0 unspecified atom stereocenters. The predicted molar refractivity (Wildman–Crippen MR) is 128 cm³/mol. The summed E-state index contributed by atoms with van der Waals surface area (Å²) in [5.41, 5.74) is 2.93. The lowest BCUT2D eigenvalue weighted by Gasteiger charge is -2.33. The maximum absolute atomic E-state index is 12.9. The molecule has 1 fully saturated rings. The lowest BCUT2D eigenvalue weighted by Crippen LogP contribution is -2.48. The van der Waals surface area contributed by atoms with E-state index in [1.807, 2.05) is 18.3 Å². The van der Waals surface area contributed by atoms with Crippen molar-refractivity contribution in [2.45, 2.75) is 18.4 Å². The van der Waals surface area contributed by atoms with E-state index >= 15 is 0 Å². The van der Waals surface area contributed by atoms with E-state index in [1.54, 1.807) is 24.3 Å². The SMILES string of the molecule is CC(=O)Nc1ccc(S(=O)(=O)N2CCN(Cc3c[nH]c4ccccc34)CC2)cc1.O=C(O)C(=O)O. The van der Waals surface area contributed by atoms with E-state index in [2.05, 4.69) is 27.3 Å². The molecule has 1 aliphatic heterocycles. The van der Waals surface area contributed by atoms with Crippen molar-refractivity contribution in [3.63, 3.8) is 0 Å². The molecule has 0 bridgehead atoms. The van der Waals surface area contributed by atoms with Crippen LogP contribution in [0.1, 0.15) is 12.5 Å². The Balaban J connectivity index is 0.000000509. The second-order valence-corrected chi connectivity index (χ2v) is 9.79. The molecule has 0 saturated carbocycles. The minimum Gasteiger partial charge on any atom is -0.473 e. The summed E-state index contributed by atoms with van der Waals surface area (Å²) in [7, 11) is -3.54. The molecule has 4 rings (SSSR count). The van der Waals surface area contributed by atoms with Crippen molar-refractivity contribution in [3.8, 4) is 0 Å². The van der Waals surface area contributed by atoms with Gasteiger partial charge in [0.2, 0.25) is 15.9 Å². The van der Waals surface area contributed by atoms with Crippen LogP contribution in [0.15, 0.2) is 59.6 Å². The van der Waals surface area contributed by atoms with E-state index in [-0.39, 0.29) is 10.8 Å². The van der Waals surface area contributed by atoms with Gasteiger partial charge in [0, 0.05) is 62.4 Å². The van der Waals surface area contributed by atoms with Gasteiger partial charge in [-0.25, -0.2) is 18.0 Å². The van der Waals surface area contributed by atoms with Crippen LogP contribution in [0.4, 0.5) is 5.69 Å². The molecule has 35 heavy (non-hydrogen) atoms. The molecule has 186 valence electrons. The number of fused-ring (bicyclic) bond motifs is 1. The van der Waals surface area contributed by atoms with Crippen LogP contribution in [-0.4, -0.2) is 76.8 Å². The van der Waals surface area contributed by atoms with Crippen LogP contribution in [0, 0.1) is 0 Å². The summed E-state index contributed by atoms with van der Waals surface area (Å²) in [5.74, 6) is -3.84. The van der Waals surface area contributed by atoms with Gasteiger partial charge >= 0.3 is 11.9 Å². The van der Waals surface area contributed by atoms with Gasteiger partial charge in [0.1, 0.15) is 0 Å². The number of carbonyl (C=O) groups excluding carboxylic acids is 1. The minimum absolute atomic E-state index is 0.188. The van der Waals surface area contributed by atoms with Gasteiger partial charge in [0.05, 0.1) is 4.90 Å². The molecular weight excluding hydrogens is 476 g/mol. The van der Waals surface area contributed by atoms with Gasteiger partial charge in [-0.3, -0.25) is 9.69 Å². The zero-order chi connectivity index (χ0) is 25.6.